The van der Waals surface area contributed by atoms with Gasteiger partial charge in [-0.25, -0.2) is 4.79 Å². The Morgan fingerprint density at radius 1 is 1.11 bits per heavy atom. The summed E-state index contributed by atoms with van der Waals surface area (Å²) in [6, 6.07) is 14.5. The van der Waals surface area contributed by atoms with E-state index in [9.17, 15) is 4.79 Å². The first kappa shape index (κ1) is 19.3. The lowest BCUT2D eigenvalue weighted by atomic mass is 9.89. The summed E-state index contributed by atoms with van der Waals surface area (Å²) in [5.74, 6) is 0.861. The number of urea groups is 1. The van der Waals surface area contributed by atoms with Crippen molar-refractivity contribution >= 4 is 6.03 Å². The van der Waals surface area contributed by atoms with E-state index in [1.54, 1.807) is 7.11 Å². The highest BCUT2D eigenvalue weighted by molar-refractivity contribution is 5.74. The van der Waals surface area contributed by atoms with Crippen LogP contribution in [0.25, 0.3) is 0 Å². The topological polar surface area (TPSA) is 50.4 Å². The van der Waals surface area contributed by atoms with Crippen LogP contribution >= 0.6 is 0 Å². The van der Waals surface area contributed by atoms with E-state index in [4.69, 9.17) is 4.74 Å². The molecule has 0 saturated heterocycles. The zero-order valence-electron chi connectivity index (χ0n) is 16.4. The molecule has 4 nitrogen and oxygen atoms in total. The van der Waals surface area contributed by atoms with Gasteiger partial charge in [0.15, 0.2) is 0 Å². The second kappa shape index (κ2) is 9.45. The molecule has 2 amide bonds. The summed E-state index contributed by atoms with van der Waals surface area (Å²) >= 11 is 0. The van der Waals surface area contributed by atoms with Crippen LogP contribution in [0.15, 0.2) is 42.5 Å². The fraction of sp³-hybridized carbons (Fsp3) is 0.435. The summed E-state index contributed by atoms with van der Waals surface area (Å²) in [5, 5.41) is 6.10. The van der Waals surface area contributed by atoms with Crippen LogP contribution in [0.5, 0.6) is 5.75 Å². The highest BCUT2D eigenvalue weighted by Crippen LogP contribution is 2.26. The highest BCUT2D eigenvalue weighted by atomic mass is 16.5. The van der Waals surface area contributed by atoms with Gasteiger partial charge in [-0.15, -0.1) is 0 Å². The summed E-state index contributed by atoms with van der Waals surface area (Å²) < 4.78 is 5.36. The monoisotopic (exact) mass is 366 g/mol. The van der Waals surface area contributed by atoms with Gasteiger partial charge in [-0.3, -0.25) is 0 Å². The van der Waals surface area contributed by atoms with Gasteiger partial charge < -0.3 is 15.4 Å². The third-order valence-electron chi connectivity index (χ3n) is 5.36. The molecule has 2 N–H and O–H groups in total. The summed E-state index contributed by atoms with van der Waals surface area (Å²) in [4.78, 5) is 12.4. The number of methoxy groups -OCH3 is 1. The molecule has 1 unspecified atom stereocenters. The SMILES string of the molecule is CCC(NC(=O)NCCc1ccccc1OC)c1ccc2c(c1)CCCC2. The second-order valence-electron chi connectivity index (χ2n) is 7.16. The van der Waals surface area contributed by atoms with Gasteiger partial charge in [-0.1, -0.05) is 43.3 Å². The van der Waals surface area contributed by atoms with Crippen molar-refractivity contribution in [3.63, 3.8) is 0 Å². The van der Waals surface area contributed by atoms with Crippen LogP contribution in [0.2, 0.25) is 0 Å². The van der Waals surface area contributed by atoms with E-state index in [-0.39, 0.29) is 12.1 Å². The number of para-hydroxylation sites is 1. The van der Waals surface area contributed by atoms with E-state index in [1.807, 2.05) is 24.3 Å². The molecular weight excluding hydrogens is 336 g/mol. The molecule has 0 bridgehead atoms. The van der Waals surface area contributed by atoms with Crippen molar-refractivity contribution in [1.29, 1.82) is 0 Å². The predicted octanol–water partition coefficient (Wildman–Crippen LogP) is 4.57. The smallest absolute Gasteiger partial charge is 0.315 e. The van der Waals surface area contributed by atoms with Crippen molar-refractivity contribution in [1.82, 2.24) is 10.6 Å². The van der Waals surface area contributed by atoms with Crippen molar-refractivity contribution in [2.24, 2.45) is 0 Å². The predicted molar refractivity (Wildman–Crippen MR) is 109 cm³/mol. The Labute approximate surface area is 162 Å². The minimum atomic E-state index is -0.116. The van der Waals surface area contributed by atoms with E-state index in [2.05, 4.69) is 35.8 Å². The zero-order chi connectivity index (χ0) is 19.1. The van der Waals surface area contributed by atoms with Crippen LogP contribution in [0.4, 0.5) is 4.79 Å². The van der Waals surface area contributed by atoms with Crippen LogP contribution in [0.3, 0.4) is 0 Å². The molecule has 0 spiro atoms. The summed E-state index contributed by atoms with van der Waals surface area (Å²) in [5.41, 5.74) is 5.23. The molecule has 1 atom stereocenters. The Morgan fingerprint density at radius 2 is 1.89 bits per heavy atom. The normalized spacial score (nSPS) is 14.1. The Hall–Kier alpha value is -2.49. The van der Waals surface area contributed by atoms with Crippen molar-refractivity contribution in [2.45, 2.75) is 51.5 Å². The lowest BCUT2D eigenvalue weighted by Gasteiger charge is -2.22. The van der Waals surface area contributed by atoms with Gasteiger partial charge in [0, 0.05) is 6.54 Å². The van der Waals surface area contributed by atoms with E-state index < -0.39 is 0 Å². The molecule has 2 aromatic rings. The summed E-state index contributed by atoms with van der Waals surface area (Å²) in [6.45, 7) is 2.69. The summed E-state index contributed by atoms with van der Waals surface area (Å²) in [7, 11) is 1.67. The molecular formula is C23H30N2O2. The minimum absolute atomic E-state index is 0.0449. The Morgan fingerprint density at radius 3 is 2.67 bits per heavy atom. The van der Waals surface area contributed by atoms with Crippen LogP contribution < -0.4 is 15.4 Å². The number of nitrogens with one attached hydrogen (secondary N) is 2. The molecule has 1 aliphatic rings. The lowest BCUT2D eigenvalue weighted by molar-refractivity contribution is 0.236. The molecule has 0 fully saturated rings. The van der Waals surface area contributed by atoms with Gasteiger partial charge in [-0.2, -0.15) is 0 Å². The average molecular weight is 367 g/mol. The van der Waals surface area contributed by atoms with Crippen molar-refractivity contribution in [3.8, 4) is 5.75 Å². The molecule has 144 valence electrons. The second-order valence-corrected chi connectivity index (χ2v) is 7.16. The first-order valence-electron chi connectivity index (χ1n) is 9.99. The van der Waals surface area contributed by atoms with E-state index in [1.165, 1.54) is 36.0 Å². The number of rotatable bonds is 7. The number of aryl methyl sites for hydroxylation is 2. The molecule has 2 aromatic carbocycles. The van der Waals surface area contributed by atoms with Crippen LogP contribution in [0.1, 0.15) is 54.5 Å². The van der Waals surface area contributed by atoms with Crippen molar-refractivity contribution < 1.29 is 9.53 Å². The lowest BCUT2D eigenvalue weighted by Crippen LogP contribution is -2.38. The first-order valence-corrected chi connectivity index (χ1v) is 9.99. The Kier molecular flexibility index (Phi) is 6.74. The van der Waals surface area contributed by atoms with Crippen molar-refractivity contribution in [3.05, 3.63) is 64.7 Å². The van der Waals surface area contributed by atoms with Crippen LogP contribution in [-0.2, 0) is 19.3 Å². The van der Waals surface area contributed by atoms with Gasteiger partial charge in [-0.05, 0) is 66.8 Å². The van der Waals surface area contributed by atoms with Crippen LogP contribution in [0, 0.1) is 0 Å². The summed E-state index contributed by atoms with van der Waals surface area (Å²) in [6.07, 6.45) is 6.51. The van der Waals surface area contributed by atoms with Gasteiger partial charge in [0.2, 0.25) is 0 Å². The molecule has 0 saturated carbocycles. The standard InChI is InChI=1S/C23H30N2O2/c1-3-21(20-13-12-17-8-4-5-10-19(17)16-20)25-23(26)24-15-14-18-9-6-7-11-22(18)27-2/h6-7,9,11-13,16,21H,3-5,8,10,14-15H2,1-2H3,(H2,24,25,26). The molecule has 0 aromatic heterocycles. The molecule has 4 heteroatoms. The fourth-order valence-electron chi connectivity index (χ4n) is 3.82. The van der Waals surface area contributed by atoms with Gasteiger partial charge in [0.05, 0.1) is 13.2 Å². The third kappa shape index (κ3) is 5.03. The third-order valence-corrected chi connectivity index (χ3v) is 5.36. The van der Waals surface area contributed by atoms with Crippen molar-refractivity contribution in [2.75, 3.05) is 13.7 Å². The van der Waals surface area contributed by atoms with E-state index >= 15 is 0 Å². The quantitative estimate of drug-likeness (QED) is 0.754. The number of fused-ring (bicyclic) bond motifs is 1. The molecule has 27 heavy (non-hydrogen) atoms. The van der Waals surface area contributed by atoms with E-state index in [0.717, 1.165) is 30.6 Å². The highest BCUT2D eigenvalue weighted by Gasteiger charge is 2.16. The minimum Gasteiger partial charge on any atom is -0.496 e. The maximum absolute atomic E-state index is 12.4. The Balaban J connectivity index is 1.54. The number of carbonyl (C=O) groups is 1. The fourth-order valence-corrected chi connectivity index (χ4v) is 3.82. The maximum Gasteiger partial charge on any atom is 0.315 e. The van der Waals surface area contributed by atoms with Crippen LogP contribution in [-0.4, -0.2) is 19.7 Å². The number of ether oxygens (including phenoxy) is 1. The number of benzene rings is 2. The molecule has 3 rings (SSSR count). The van der Waals surface area contributed by atoms with Gasteiger partial charge in [0.1, 0.15) is 5.75 Å². The number of carbonyl (C=O) groups excluding carboxylic acids is 1. The van der Waals surface area contributed by atoms with Gasteiger partial charge in [0.25, 0.3) is 0 Å². The molecule has 1 aliphatic carbocycles. The maximum atomic E-state index is 12.4. The number of hydrogen-bond acceptors (Lipinski definition) is 2. The largest absolute Gasteiger partial charge is 0.496 e. The average Bonchev–Trinajstić information content (AvgIpc) is 2.72. The zero-order valence-corrected chi connectivity index (χ0v) is 16.4. The van der Waals surface area contributed by atoms with Gasteiger partial charge >= 0.3 is 6.03 Å². The first-order chi connectivity index (χ1) is 13.2. The molecule has 0 radical (unpaired) electrons. The number of amides is 2. The Bertz CT molecular complexity index is 773. The molecule has 0 heterocycles. The molecule has 0 aliphatic heterocycles. The number of hydrogen-bond donors (Lipinski definition) is 2. The van der Waals surface area contributed by atoms with E-state index in [0.29, 0.717) is 6.54 Å².